The third-order valence-corrected chi connectivity index (χ3v) is 4.23. The number of nitrogens with one attached hydrogen (secondary N) is 1. The second kappa shape index (κ2) is 7.65. The smallest absolute Gasteiger partial charge is 0.118 e. The van der Waals surface area contributed by atoms with Gasteiger partial charge in [-0.2, -0.15) is 0 Å². The number of methoxy groups -OCH3 is 1. The number of piperidine rings is 1. The van der Waals surface area contributed by atoms with Gasteiger partial charge >= 0.3 is 0 Å². The predicted molar refractivity (Wildman–Crippen MR) is 84.3 cm³/mol. The van der Waals surface area contributed by atoms with Crippen LogP contribution in [0.15, 0.2) is 24.3 Å². The summed E-state index contributed by atoms with van der Waals surface area (Å²) in [6, 6.07) is 9.45. The second-order valence-electron chi connectivity index (χ2n) is 5.78. The Balaban J connectivity index is 1.81. The average molecular weight is 276 g/mol. The summed E-state index contributed by atoms with van der Waals surface area (Å²) in [6.45, 7) is 8.23. The number of hydrogen-bond acceptors (Lipinski definition) is 3. The molecule has 1 saturated heterocycles. The third kappa shape index (κ3) is 4.22. The Kier molecular flexibility index (Phi) is 5.86. The highest BCUT2D eigenvalue weighted by Crippen LogP contribution is 2.20. The first kappa shape index (κ1) is 15.3. The zero-order valence-corrected chi connectivity index (χ0v) is 13.1. The van der Waals surface area contributed by atoms with Crippen LogP contribution in [0.5, 0.6) is 5.75 Å². The Hall–Kier alpha value is -1.06. The van der Waals surface area contributed by atoms with Crippen LogP contribution in [0.1, 0.15) is 44.7 Å². The van der Waals surface area contributed by atoms with Crippen LogP contribution in [0.4, 0.5) is 0 Å². The molecule has 1 aromatic carbocycles. The van der Waals surface area contributed by atoms with Gasteiger partial charge in [0.15, 0.2) is 0 Å². The first-order chi connectivity index (χ1) is 9.72. The van der Waals surface area contributed by atoms with Crippen molar-refractivity contribution in [2.45, 2.75) is 45.2 Å². The molecule has 2 rings (SSSR count). The lowest BCUT2D eigenvalue weighted by atomic mass is 10.0. The van der Waals surface area contributed by atoms with Gasteiger partial charge < -0.3 is 15.0 Å². The Morgan fingerprint density at radius 3 is 2.45 bits per heavy atom. The van der Waals surface area contributed by atoms with Crippen molar-refractivity contribution >= 4 is 0 Å². The molecule has 20 heavy (non-hydrogen) atoms. The summed E-state index contributed by atoms with van der Waals surface area (Å²) in [7, 11) is 1.71. The van der Waals surface area contributed by atoms with Crippen LogP contribution in [0.3, 0.4) is 0 Å². The van der Waals surface area contributed by atoms with Crippen LogP contribution in [0.25, 0.3) is 0 Å². The van der Waals surface area contributed by atoms with Gasteiger partial charge in [0, 0.05) is 12.1 Å². The number of nitrogens with zero attached hydrogens (tertiary/aromatic N) is 1. The summed E-state index contributed by atoms with van der Waals surface area (Å²) in [4.78, 5) is 2.58. The Morgan fingerprint density at radius 1 is 1.25 bits per heavy atom. The van der Waals surface area contributed by atoms with Crippen LogP contribution in [0.2, 0.25) is 0 Å². The largest absolute Gasteiger partial charge is 0.497 e. The van der Waals surface area contributed by atoms with Gasteiger partial charge in [0.2, 0.25) is 0 Å². The van der Waals surface area contributed by atoms with Crippen LogP contribution < -0.4 is 10.1 Å². The Morgan fingerprint density at radius 2 is 1.90 bits per heavy atom. The maximum atomic E-state index is 5.21. The van der Waals surface area contributed by atoms with Crippen LogP contribution >= 0.6 is 0 Å². The molecular formula is C17H28N2O. The first-order valence-corrected chi connectivity index (χ1v) is 7.85. The molecule has 3 nitrogen and oxygen atoms in total. The molecule has 0 amide bonds. The van der Waals surface area contributed by atoms with Crippen molar-refractivity contribution in [3.05, 3.63) is 29.8 Å². The van der Waals surface area contributed by atoms with Crippen LogP contribution in [-0.4, -0.2) is 37.7 Å². The molecule has 0 unspecified atom stereocenters. The fourth-order valence-corrected chi connectivity index (χ4v) is 2.98. The molecule has 1 heterocycles. The zero-order valence-electron chi connectivity index (χ0n) is 13.1. The van der Waals surface area contributed by atoms with E-state index in [1.807, 2.05) is 12.1 Å². The average Bonchev–Trinajstić information content (AvgIpc) is 2.49. The van der Waals surface area contributed by atoms with Crippen molar-refractivity contribution in [2.24, 2.45) is 0 Å². The predicted octanol–water partition coefficient (Wildman–Crippen LogP) is 3.22. The van der Waals surface area contributed by atoms with Crippen molar-refractivity contribution in [1.29, 1.82) is 0 Å². The summed E-state index contributed by atoms with van der Waals surface area (Å²) in [5.41, 5.74) is 1.33. The van der Waals surface area contributed by atoms with Crippen molar-refractivity contribution < 1.29 is 4.74 Å². The molecule has 0 aromatic heterocycles. The molecule has 0 aliphatic carbocycles. The fourth-order valence-electron chi connectivity index (χ4n) is 2.98. The van der Waals surface area contributed by atoms with E-state index in [2.05, 4.69) is 36.2 Å². The van der Waals surface area contributed by atoms with E-state index in [4.69, 9.17) is 4.74 Å². The summed E-state index contributed by atoms with van der Waals surface area (Å²) < 4.78 is 5.21. The minimum absolute atomic E-state index is 0.406. The Bertz CT molecular complexity index is 382. The number of hydrogen-bond donors (Lipinski definition) is 1. The molecule has 1 fully saturated rings. The van der Waals surface area contributed by atoms with Gasteiger partial charge in [-0.05, 0) is 63.5 Å². The van der Waals surface area contributed by atoms with E-state index >= 15 is 0 Å². The van der Waals surface area contributed by atoms with E-state index in [0.717, 1.165) is 5.75 Å². The summed E-state index contributed by atoms with van der Waals surface area (Å²) in [6.07, 6.45) is 3.79. The highest BCUT2D eigenvalue weighted by molar-refractivity contribution is 5.28. The number of ether oxygens (including phenoxy) is 1. The van der Waals surface area contributed by atoms with Gasteiger partial charge in [-0.25, -0.2) is 0 Å². The molecule has 0 spiro atoms. The number of benzene rings is 1. The maximum absolute atomic E-state index is 5.21. The van der Waals surface area contributed by atoms with E-state index in [-0.39, 0.29) is 0 Å². The number of likely N-dealkylation sites (tertiary alicyclic amines) is 1. The van der Waals surface area contributed by atoms with Gasteiger partial charge in [-0.1, -0.05) is 19.1 Å². The standard InChI is InChI=1S/C17H28N2O/c1-4-11-19-12-9-16(10-13-19)18-14(2)15-5-7-17(20-3)8-6-15/h5-8,14,16,18H,4,9-13H2,1-3H3/t14-/m0/s1. The second-order valence-corrected chi connectivity index (χ2v) is 5.78. The lowest BCUT2D eigenvalue weighted by molar-refractivity contribution is 0.192. The lowest BCUT2D eigenvalue weighted by Crippen LogP contribution is -2.43. The van der Waals surface area contributed by atoms with Gasteiger partial charge in [0.1, 0.15) is 5.75 Å². The van der Waals surface area contributed by atoms with E-state index in [1.165, 1.54) is 44.5 Å². The monoisotopic (exact) mass is 276 g/mol. The van der Waals surface area contributed by atoms with Crippen molar-refractivity contribution in [3.8, 4) is 5.75 Å². The van der Waals surface area contributed by atoms with E-state index in [1.54, 1.807) is 7.11 Å². The third-order valence-electron chi connectivity index (χ3n) is 4.23. The van der Waals surface area contributed by atoms with Gasteiger partial charge in [0.25, 0.3) is 0 Å². The van der Waals surface area contributed by atoms with Gasteiger partial charge in [-0.3, -0.25) is 0 Å². The summed E-state index contributed by atoms with van der Waals surface area (Å²) in [5.74, 6) is 0.925. The van der Waals surface area contributed by atoms with Crippen molar-refractivity contribution in [2.75, 3.05) is 26.7 Å². The van der Waals surface area contributed by atoms with Crippen LogP contribution in [-0.2, 0) is 0 Å². The highest BCUT2D eigenvalue weighted by Gasteiger charge is 2.20. The first-order valence-electron chi connectivity index (χ1n) is 7.85. The SMILES string of the molecule is CCCN1CCC(N[C@@H](C)c2ccc(OC)cc2)CC1. The fraction of sp³-hybridized carbons (Fsp3) is 0.647. The molecule has 112 valence electrons. The molecule has 0 radical (unpaired) electrons. The zero-order chi connectivity index (χ0) is 14.4. The maximum Gasteiger partial charge on any atom is 0.118 e. The summed E-state index contributed by atoms with van der Waals surface area (Å²) in [5, 5.41) is 3.77. The molecule has 0 bridgehead atoms. The minimum atomic E-state index is 0.406. The molecular weight excluding hydrogens is 248 g/mol. The molecule has 1 aliphatic heterocycles. The molecule has 1 N–H and O–H groups in total. The molecule has 1 aromatic rings. The molecule has 0 saturated carbocycles. The van der Waals surface area contributed by atoms with Crippen molar-refractivity contribution in [1.82, 2.24) is 10.2 Å². The molecule has 1 aliphatic rings. The van der Waals surface area contributed by atoms with Gasteiger partial charge in [0.05, 0.1) is 7.11 Å². The van der Waals surface area contributed by atoms with E-state index in [9.17, 15) is 0 Å². The normalized spacial score (nSPS) is 18.9. The minimum Gasteiger partial charge on any atom is -0.497 e. The summed E-state index contributed by atoms with van der Waals surface area (Å²) >= 11 is 0. The van der Waals surface area contributed by atoms with E-state index in [0.29, 0.717) is 12.1 Å². The van der Waals surface area contributed by atoms with Crippen molar-refractivity contribution in [3.63, 3.8) is 0 Å². The van der Waals surface area contributed by atoms with Gasteiger partial charge in [-0.15, -0.1) is 0 Å². The number of rotatable bonds is 6. The quantitative estimate of drug-likeness (QED) is 0.863. The van der Waals surface area contributed by atoms with E-state index < -0.39 is 0 Å². The molecule has 3 heteroatoms. The topological polar surface area (TPSA) is 24.5 Å². The lowest BCUT2D eigenvalue weighted by Gasteiger charge is -2.33. The molecule has 1 atom stereocenters. The Labute approximate surface area is 123 Å². The van der Waals surface area contributed by atoms with Crippen LogP contribution in [0, 0.1) is 0 Å². The highest BCUT2D eigenvalue weighted by atomic mass is 16.5.